The van der Waals surface area contributed by atoms with E-state index < -0.39 is 59.4 Å². The number of aryl methyl sites for hydroxylation is 1. The van der Waals surface area contributed by atoms with Crippen LogP contribution in [0.3, 0.4) is 0 Å². The van der Waals surface area contributed by atoms with Gasteiger partial charge in [-0.1, -0.05) is 18.2 Å². The lowest BCUT2D eigenvalue weighted by molar-refractivity contribution is -0.272. The largest absolute Gasteiger partial charge is 0.417 e. The SMILES string of the molecule is Cc1ccc(-c2ccc(F)c(F)c2)cc1C1C(=O)NC2(CCC(O)(C(F)(F)F)CC2)C1=O. The highest BCUT2D eigenvalue weighted by Crippen LogP contribution is 2.48. The number of amides is 1. The van der Waals surface area contributed by atoms with Crippen LogP contribution in [-0.4, -0.2) is 34.1 Å². The van der Waals surface area contributed by atoms with E-state index in [9.17, 15) is 36.6 Å². The van der Waals surface area contributed by atoms with E-state index in [0.717, 1.165) is 12.1 Å². The molecule has 1 atom stereocenters. The fourth-order valence-corrected chi connectivity index (χ4v) is 4.60. The van der Waals surface area contributed by atoms with Crippen LogP contribution in [0.25, 0.3) is 11.1 Å². The van der Waals surface area contributed by atoms with Crippen molar-refractivity contribution in [2.24, 2.45) is 0 Å². The first-order valence-corrected chi connectivity index (χ1v) is 10.1. The summed E-state index contributed by atoms with van der Waals surface area (Å²) in [6.45, 7) is 1.68. The molecule has 1 saturated carbocycles. The van der Waals surface area contributed by atoms with E-state index in [1.54, 1.807) is 19.1 Å². The molecule has 170 valence electrons. The Bertz CT molecular complexity index is 1100. The summed E-state index contributed by atoms with van der Waals surface area (Å²) in [6.07, 6.45) is -6.86. The number of nitrogens with one attached hydrogen (secondary N) is 1. The Morgan fingerprint density at radius 1 is 0.938 bits per heavy atom. The summed E-state index contributed by atoms with van der Waals surface area (Å²) in [6, 6.07) is 8.16. The van der Waals surface area contributed by atoms with Gasteiger partial charge in [0.15, 0.2) is 23.0 Å². The molecule has 32 heavy (non-hydrogen) atoms. The van der Waals surface area contributed by atoms with Crippen molar-refractivity contribution < 1.29 is 36.6 Å². The molecule has 4 nitrogen and oxygen atoms in total. The van der Waals surface area contributed by atoms with Gasteiger partial charge in [-0.2, -0.15) is 13.2 Å². The summed E-state index contributed by atoms with van der Waals surface area (Å²) in [5.41, 5.74) is -2.60. The number of aliphatic hydroxyl groups is 1. The number of Topliss-reactive ketones (excluding diaryl/α,β-unsaturated/α-hetero) is 1. The van der Waals surface area contributed by atoms with Crippen molar-refractivity contribution >= 4 is 11.7 Å². The van der Waals surface area contributed by atoms with Crippen molar-refractivity contribution in [2.45, 2.75) is 55.8 Å². The molecule has 0 bridgehead atoms. The maximum absolute atomic E-state index is 13.7. The molecule has 2 aromatic rings. The number of hydrogen-bond donors (Lipinski definition) is 2. The predicted molar refractivity (Wildman–Crippen MR) is 105 cm³/mol. The van der Waals surface area contributed by atoms with Crippen molar-refractivity contribution in [2.75, 3.05) is 0 Å². The highest BCUT2D eigenvalue weighted by atomic mass is 19.4. The average molecular weight is 453 g/mol. The Morgan fingerprint density at radius 2 is 1.53 bits per heavy atom. The fraction of sp³-hybridized carbons (Fsp3) is 0.391. The van der Waals surface area contributed by atoms with Gasteiger partial charge >= 0.3 is 6.18 Å². The number of carbonyl (C=O) groups is 2. The van der Waals surface area contributed by atoms with Crippen LogP contribution < -0.4 is 5.32 Å². The molecule has 9 heteroatoms. The molecular formula is C23H20F5NO3. The monoisotopic (exact) mass is 453 g/mol. The molecule has 1 amide bonds. The molecule has 0 aromatic heterocycles. The van der Waals surface area contributed by atoms with E-state index in [4.69, 9.17) is 0 Å². The summed E-state index contributed by atoms with van der Waals surface area (Å²) in [5, 5.41) is 12.5. The zero-order chi connectivity index (χ0) is 23.5. The maximum Gasteiger partial charge on any atom is 0.417 e. The number of hydrogen-bond acceptors (Lipinski definition) is 3. The lowest BCUT2D eigenvalue weighted by atomic mass is 9.70. The van der Waals surface area contributed by atoms with Gasteiger partial charge in [0.25, 0.3) is 0 Å². The first-order chi connectivity index (χ1) is 14.9. The van der Waals surface area contributed by atoms with Gasteiger partial charge < -0.3 is 10.4 Å². The molecule has 1 spiro atoms. The highest BCUT2D eigenvalue weighted by Gasteiger charge is 2.62. The van der Waals surface area contributed by atoms with E-state index >= 15 is 0 Å². The molecule has 1 unspecified atom stereocenters. The first-order valence-electron chi connectivity index (χ1n) is 10.1. The molecule has 2 N–H and O–H groups in total. The third-order valence-corrected chi connectivity index (χ3v) is 6.66. The minimum atomic E-state index is -4.82. The number of ketones is 1. The third-order valence-electron chi connectivity index (χ3n) is 6.66. The number of benzene rings is 2. The van der Waals surface area contributed by atoms with E-state index in [1.165, 1.54) is 12.1 Å². The van der Waals surface area contributed by atoms with Crippen LogP contribution in [0.2, 0.25) is 0 Å². The lowest BCUT2D eigenvalue weighted by Gasteiger charge is -2.41. The molecule has 1 aliphatic carbocycles. The normalized spacial score (nSPS) is 28.3. The van der Waals surface area contributed by atoms with Crippen molar-refractivity contribution in [3.63, 3.8) is 0 Å². The minimum Gasteiger partial charge on any atom is -0.380 e. The second-order valence-electron chi connectivity index (χ2n) is 8.60. The molecule has 0 radical (unpaired) electrons. The van der Waals surface area contributed by atoms with Gasteiger partial charge in [-0.05, 0) is 73.1 Å². The van der Waals surface area contributed by atoms with Crippen molar-refractivity contribution in [1.29, 1.82) is 0 Å². The van der Waals surface area contributed by atoms with Crippen molar-refractivity contribution in [3.8, 4) is 11.1 Å². The predicted octanol–water partition coefficient (Wildman–Crippen LogP) is 4.33. The fourth-order valence-electron chi connectivity index (χ4n) is 4.60. The Balaban J connectivity index is 1.66. The molecule has 2 fully saturated rings. The molecular weight excluding hydrogens is 433 g/mol. The van der Waals surface area contributed by atoms with Crippen LogP contribution in [0.5, 0.6) is 0 Å². The van der Waals surface area contributed by atoms with Gasteiger partial charge in [0.1, 0.15) is 5.92 Å². The number of carbonyl (C=O) groups excluding carboxylic acids is 2. The van der Waals surface area contributed by atoms with Crippen LogP contribution >= 0.6 is 0 Å². The van der Waals surface area contributed by atoms with Crippen LogP contribution in [-0.2, 0) is 9.59 Å². The minimum absolute atomic E-state index is 0.327. The van der Waals surface area contributed by atoms with Crippen LogP contribution in [0.1, 0.15) is 42.7 Å². The summed E-state index contributed by atoms with van der Waals surface area (Å²) < 4.78 is 66.4. The molecule has 2 aliphatic rings. The smallest absolute Gasteiger partial charge is 0.380 e. The van der Waals surface area contributed by atoms with E-state index in [1.807, 2.05) is 0 Å². The summed E-state index contributed by atoms with van der Waals surface area (Å²) in [4.78, 5) is 26.1. The zero-order valence-electron chi connectivity index (χ0n) is 17.0. The van der Waals surface area contributed by atoms with Crippen LogP contribution in [0.15, 0.2) is 36.4 Å². The second-order valence-corrected chi connectivity index (χ2v) is 8.60. The Kier molecular flexibility index (Phi) is 5.15. The quantitative estimate of drug-likeness (QED) is 0.526. The Morgan fingerprint density at radius 3 is 2.12 bits per heavy atom. The van der Waals surface area contributed by atoms with E-state index in [0.29, 0.717) is 22.3 Å². The summed E-state index contributed by atoms with van der Waals surface area (Å²) >= 11 is 0. The van der Waals surface area contributed by atoms with Gasteiger partial charge in [-0.25, -0.2) is 8.78 Å². The molecule has 2 aromatic carbocycles. The standard InChI is InChI=1S/C23H20F5NO3/c1-12-2-3-13(14-4-5-16(24)17(25)11-14)10-15(12)18-19(30)21(29-20(18)31)6-8-22(32,9-7-21)23(26,27)28/h2-5,10-11,18,32H,6-9H2,1H3,(H,29,31). The molecule has 4 rings (SSSR count). The van der Waals surface area contributed by atoms with Gasteiger partial charge in [-0.3, -0.25) is 9.59 Å². The van der Waals surface area contributed by atoms with Crippen LogP contribution in [0.4, 0.5) is 22.0 Å². The number of rotatable bonds is 2. The topological polar surface area (TPSA) is 66.4 Å². The number of alkyl halides is 3. The average Bonchev–Trinajstić information content (AvgIpc) is 2.96. The summed E-state index contributed by atoms with van der Waals surface area (Å²) in [5.74, 6) is -4.46. The van der Waals surface area contributed by atoms with Gasteiger partial charge in [-0.15, -0.1) is 0 Å². The Hall–Kier alpha value is -2.81. The van der Waals surface area contributed by atoms with Crippen molar-refractivity contribution in [1.82, 2.24) is 5.32 Å². The van der Waals surface area contributed by atoms with Gasteiger partial charge in [0, 0.05) is 0 Å². The molecule has 1 saturated heterocycles. The first kappa shape index (κ1) is 22.4. The van der Waals surface area contributed by atoms with E-state index in [2.05, 4.69) is 5.32 Å². The maximum atomic E-state index is 13.7. The van der Waals surface area contributed by atoms with Crippen molar-refractivity contribution in [3.05, 3.63) is 59.2 Å². The van der Waals surface area contributed by atoms with Crippen LogP contribution in [0, 0.1) is 18.6 Å². The third kappa shape index (κ3) is 3.48. The summed E-state index contributed by atoms with van der Waals surface area (Å²) in [7, 11) is 0. The number of halogens is 5. The van der Waals surface area contributed by atoms with Gasteiger partial charge in [0.2, 0.25) is 5.91 Å². The zero-order valence-corrected chi connectivity index (χ0v) is 17.0. The molecule has 1 heterocycles. The molecule has 1 aliphatic heterocycles. The Labute approximate surface area is 180 Å². The van der Waals surface area contributed by atoms with E-state index in [-0.39, 0.29) is 12.8 Å². The highest BCUT2D eigenvalue weighted by molar-refractivity contribution is 6.17. The second kappa shape index (κ2) is 7.37. The lowest BCUT2D eigenvalue weighted by Crippen LogP contribution is -2.57. The van der Waals surface area contributed by atoms with Gasteiger partial charge in [0.05, 0.1) is 5.54 Å².